The van der Waals surface area contributed by atoms with Gasteiger partial charge in [0.2, 0.25) is 5.24 Å². The van der Waals surface area contributed by atoms with E-state index in [1.165, 1.54) is 12.2 Å². The van der Waals surface area contributed by atoms with Gasteiger partial charge in [-0.05, 0) is 36.7 Å². The number of carbonyl (C=O) groups excluding carboxylic acids is 1. The highest BCUT2D eigenvalue weighted by molar-refractivity contribution is 6.66. The third-order valence-electron chi connectivity index (χ3n) is 1.14. The summed E-state index contributed by atoms with van der Waals surface area (Å²) < 4.78 is 5.14. The van der Waals surface area contributed by atoms with Gasteiger partial charge in [0.05, 0.1) is 0 Å². The van der Waals surface area contributed by atoms with Gasteiger partial charge >= 0.3 is 0 Å². The maximum atomic E-state index is 10.3. The van der Waals surface area contributed by atoms with Crippen molar-refractivity contribution in [1.29, 1.82) is 0 Å². The van der Waals surface area contributed by atoms with Gasteiger partial charge in [0, 0.05) is 6.08 Å². The van der Waals surface area contributed by atoms with Gasteiger partial charge in [-0.25, -0.2) is 0 Å². The smallest absolute Gasteiger partial charge is 0.245 e. The molecule has 0 unspecified atom stereocenters. The Morgan fingerprint density at radius 1 is 1.64 bits per heavy atom. The molecule has 1 aromatic heterocycles. The van der Waals surface area contributed by atoms with Crippen LogP contribution in [0, 0.1) is 6.92 Å². The van der Waals surface area contributed by atoms with Crippen LogP contribution in [0.2, 0.25) is 0 Å². The Bertz CT molecular complexity index is 286. The number of rotatable bonds is 2. The molecule has 1 rings (SSSR count). The molecule has 0 spiro atoms. The van der Waals surface area contributed by atoms with Crippen LogP contribution in [-0.4, -0.2) is 5.24 Å². The van der Waals surface area contributed by atoms with Gasteiger partial charge in [-0.15, -0.1) is 0 Å². The number of carbonyl (C=O) groups is 1. The van der Waals surface area contributed by atoms with Crippen molar-refractivity contribution < 1.29 is 9.21 Å². The van der Waals surface area contributed by atoms with Crippen LogP contribution >= 0.6 is 11.6 Å². The van der Waals surface area contributed by atoms with Gasteiger partial charge in [0.1, 0.15) is 11.5 Å². The molecule has 2 nitrogen and oxygen atoms in total. The molecular weight excluding hydrogens is 164 g/mol. The van der Waals surface area contributed by atoms with Gasteiger partial charge in [0.15, 0.2) is 0 Å². The molecule has 11 heavy (non-hydrogen) atoms. The third-order valence-corrected chi connectivity index (χ3v) is 1.27. The predicted octanol–water partition coefficient (Wildman–Crippen LogP) is 2.37. The van der Waals surface area contributed by atoms with Crippen molar-refractivity contribution in [3.8, 4) is 0 Å². The molecule has 0 radical (unpaired) electrons. The SMILES string of the molecule is Cc1ccc(C=CC(=O)Cl)o1. The molecule has 0 atom stereocenters. The summed E-state index contributed by atoms with van der Waals surface area (Å²) in [6, 6.07) is 3.59. The Morgan fingerprint density at radius 3 is 2.82 bits per heavy atom. The number of allylic oxidation sites excluding steroid dienone is 1. The molecule has 0 bridgehead atoms. The summed E-state index contributed by atoms with van der Waals surface area (Å²) >= 11 is 5.07. The molecule has 0 amide bonds. The molecule has 0 saturated carbocycles. The monoisotopic (exact) mass is 170 g/mol. The fraction of sp³-hybridized carbons (Fsp3) is 0.125. The molecule has 0 aliphatic rings. The van der Waals surface area contributed by atoms with Gasteiger partial charge in [-0.3, -0.25) is 4.79 Å². The van der Waals surface area contributed by atoms with Crippen molar-refractivity contribution in [2.24, 2.45) is 0 Å². The van der Waals surface area contributed by atoms with E-state index >= 15 is 0 Å². The lowest BCUT2D eigenvalue weighted by Crippen LogP contribution is -1.73. The third kappa shape index (κ3) is 2.60. The first-order valence-electron chi connectivity index (χ1n) is 3.12. The maximum absolute atomic E-state index is 10.3. The molecule has 0 aliphatic carbocycles. The zero-order chi connectivity index (χ0) is 8.27. The standard InChI is InChI=1S/C8H7ClO2/c1-6-2-3-7(11-6)4-5-8(9)10/h2-5H,1H3. The first kappa shape index (κ1) is 8.08. The maximum Gasteiger partial charge on any atom is 0.245 e. The minimum absolute atomic E-state index is 0.501. The van der Waals surface area contributed by atoms with E-state index in [0.29, 0.717) is 5.76 Å². The first-order chi connectivity index (χ1) is 5.18. The average molecular weight is 171 g/mol. The summed E-state index contributed by atoms with van der Waals surface area (Å²) in [4.78, 5) is 10.3. The van der Waals surface area contributed by atoms with E-state index in [-0.39, 0.29) is 0 Å². The second-order valence-corrected chi connectivity index (χ2v) is 2.46. The van der Waals surface area contributed by atoms with Crippen LogP contribution in [0.1, 0.15) is 11.5 Å². The zero-order valence-electron chi connectivity index (χ0n) is 6.00. The van der Waals surface area contributed by atoms with Crippen molar-refractivity contribution in [2.45, 2.75) is 6.92 Å². The minimum atomic E-state index is -0.501. The fourth-order valence-corrected chi connectivity index (χ4v) is 0.754. The second-order valence-electron chi connectivity index (χ2n) is 2.09. The highest BCUT2D eigenvalue weighted by atomic mass is 35.5. The quantitative estimate of drug-likeness (QED) is 0.504. The van der Waals surface area contributed by atoms with E-state index in [4.69, 9.17) is 16.0 Å². The average Bonchev–Trinajstić information content (AvgIpc) is 2.31. The van der Waals surface area contributed by atoms with Crippen molar-refractivity contribution in [3.05, 3.63) is 29.7 Å². The molecular formula is C8H7ClO2. The van der Waals surface area contributed by atoms with Crippen LogP contribution in [0.25, 0.3) is 6.08 Å². The zero-order valence-corrected chi connectivity index (χ0v) is 6.76. The van der Waals surface area contributed by atoms with E-state index in [0.717, 1.165) is 5.76 Å². The number of hydrogen-bond donors (Lipinski definition) is 0. The molecule has 0 saturated heterocycles. The molecule has 0 N–H and O–H groups in total. The van der Waals surface area contributed by atoms with Crippen LogP contribution in [0.3, 0.4) is 0 Å². The summed E-state index contributed by atoms with van der Waals surface area (Å²) in [7, 11) is 0. The Balaban J connectivity index is 2.71. The van der Waals surface area contributed by atoms with Gasteiger partial charge < -0.3 is 4.42 Å². The van der Waals surface area contributed by atoms with Gasteiger partial charge in [-0.2, -0.15) is 0 Å². The lowest BCUT2D eigenvalue weighted by Gasteiger charge is -1.81. The van der Waals surface area contributed by atoms with Gasteiger partial charge in [-0.1, -0.05) is 0 Å². The van der Waals surface area contributed by atoms with Crippen LogP contribution in [0.15, 0.2) is 22.6 Å². The molecule has 0 aromatic carbocycles. The van der Waals surface area contributed by atoms with Crippen molar-refractivity contribution in [1.82, 2.24) is 0 Å². The number of furan rings is 1. The Kier molecular flexibility index (Phi) is 2.49. The number of halogens is 1. The van der Waals surface area contributed by atoms with E-state index < -0.39 is 5.24 Å². The first-order valence-corrected chi connectivity index (χ1v) is 3.50. The molecule has 1 aromatic rings. The van der Waals surface area contributed by atoms with Crippen LogP contribution in [-0.2, 0) is 4.79 Å². The highest BCUT2D eigenvalue weighted by Gasteiger charge is 1.93. The van der Waals surface area contributed by atoms with Crippen molar-refractivity contribution in [2.75, 3.05) is 0 Å². The molecule has 58 valence electrons. The largest absolute Gasteiger partial charge is 0.462 e. The van der Waals surface area contributed by atoms with E-state index in [1.807, 2.05) is 13.0 Å². The molecule has 0 aliphatic heterocycles. The highest BCUT2D eigenvalue weighted by Crippen LogP contribution is 2.07. The van der Waals surface area contributed by atoms with Crippen LogP contribution in [0.5, 0.6) is 0 Å². The normalized spacial score (nSPS) is 10.7. The summed E-state index contributed by atoms with van der Waals surface area (Å²) in [6.45, 7) is 1.83. The van der Waals surface area contributed by atoms with Gasteiger partial charge in [0.25, 0.3) is 0 Å². The summed E-state index contributed by atoms with van der Waals surface area (Å²) in [5.74, 6) is 1.45. The summed E-state index contributed by atoms with van der Waals surface area (Å²) in [5.41, 5.74) is 0. The summed E-state index contributed by atoms with van der Waals surface area (Å²) in [6.07, 6.45) is 2.78. The second kappa shape index (κ2) is 3.39. The number of hydrogen-bond acceptors (Lipinski definition) is 2. The lowest BCUT2D eigenvalue weighted by atomic mass is 10.4. The van der Waals surface area contributed by atoms with E-state index in [9.17, 15) is 4.79 Å². The summed E-state index contributed by atoms with van der Waals surface area (Å²) in [5, 5.41) is -0.501. The van der Waals surface area contributed by atoms with Crippen LogP contribution in [0.4, 0.5) is 0 Å². The topological polar surface area (TPSA) is 30.2 Å². The number of aryl methyl sites for hydroxylation is 1. The van der Waals surface area contributed by atoms with Crippen LogP contribution < -0.4 is 0 Å². The molecule has 0 fully saturated rings. The van der Waals surface area contributed by atoms with Crippen molar-refractivity contribution >= 4 is 22.9 Å². The Morgan fingerprint density at radius 2 is 2.36 bits per heavy atom. The Labute approximate surface area is 69.5 Å². The predicted molar refractivity (Wildman–Crippen MR) is 43.3 cm³/mol. The van der Waals surface area contributed by atoms with E-state index in [2.05, 4.69) is 0 Å². The Hall–Kier alpha value is -1.02. The fourth-order valence-electron chi connectivity index (χ4n) is 0.691. The van der Waals surface area contributed by atoms with E-state index in [1.54, 1.807) is 6.07 Å². The van der Waals surface area contributed by atoms with Crippen molar-refractivity contribution in [3.63, 3.8) is 0 Å². The molecule has 1 heterocycles. The molecule has 3 heteroatoms. The minimum Gasteiger partial charge on any atom is -0.462 e. The lowest BCUT2D eigenvalue weighted by molar-refractivity contribution is -0.107.